The molecule has 1 heterocycles. The third-order valence-corrected chi connectivity index (χ3v) is 9.66. The molecular weight excluding hydrogens is 500 g/mol. The van der Waals surface area contributed by atoms with Crippen LogP contribution in [0, 0.1) is 0 Å². The minimum atomic E-state index is -4.04. The predicted octanol–water partition coefficient (Wildman–Crippen LogP) is 3.63. The highest BCUT2D eigenvalue weighted by molar-refractivity contribution is 7.92. The molecule has 0 fully saturated rings. The van der Waals surface area contributed by atoms with Crippen LogP contribution >= 0.6 is 0 Å². The molecule has 0 spiro atoms. The second-order valence-electron chi connectivity index (χ2n) is 9.25. The molecule has 0 radical (unpaired) electrons. The molecule has 2 atom stereocenters. The van der Waals surface area contributed by atoms with Crippen LogP contribution in [0.4, 0.5) is 5.69 Å². The van der Waals surface area contributed by atoms with E-state index in [9.17, 15) is 21.9 Å². The first kappa shape index (κ1) is 26.2. The standard InChI is InChI=1S/C26H30N2O6S2/c1-5-18-11-13-20(14-12-18)35(30,31)27-24-22-17-21(15-16-23(22)34-26(2,3)25(24)29)36(32,33)28(4)19-9-7-6-8-10-19/h6-17,24-25,27,29H,5H2,1-4H3. The third kappa shape index (κ3) is 4.86. The van der Waals surface area contributed by atoms with Gasteiger partial charge in [-0.15, -0.1) is 0 Å². The second kappa shape index (κ2) is 9.51. The number of fused-ring (bicyclic) bond motifs is 1. The van der Waals surface area contributed by atoms with Gasteiger partial charge in [-0.2, -0.15) is 0 Å². The molecule has 0 aliphatic carbocycles. The van der Waals surface area contributed by atoms with Crippen LogP contribution in [0.2, 0.25) is 0 Å². The number of para-hydroxylation sites is 1. The van der Waals surface area contributed by atoms with Gasteiger partial charge in [-0.25, -0.2) is 21.6 Å². The maximum atomic E-state index is 13.4. The Balaban J connectivity index is 1.76. The number of nitrogens with one attached hydrogen (secondary N) is 1. The molecule has 3 aromatic rings. The van der Waals surface area contributed by atoms with Gasteiger partial charge in [0.25, 0.3) is 10.0 Å². The lowest BCUT2D eigenvalue weighted by molar-refractivity contribution is -0.0604. The van der Waals surface area contributed by atoms with Crippen LogP contribution < -0.4 is 13.8 Å². The highest BCUT2D eigenvalue weighted by atomic mass is 32.2. The van der Waals surface area contributed by atoms with E-state index in [4.69, 9.17) is 4.74 Å². The lowest BCUT2D eigenvalue weighted by Gasteiger charge is -2.42. The fourth-order valence-electron chi connectivity index (χ4n) is 4.14. The second-order valence-corrected chi connectivity index (χ2v) is 12.9. The van der Waals surface area contributed by atoms with Gasteiger partial charge in [0.2, 0.25) is 10.0 Å². The first-order chi connectivity index (χ1) is 16.9. The third-order valence-electron chi connectivity index (χ3n) is 6.42. The Morgan fingerprint density at radius 1 is 0.944 bits per heavy atom. The number of anilines is 1. The van der Waals surface area contributed by atoms with Crippen molar-refractivity contribution in [2.75, 3.05) is 11.4 Å². The summed E-state index contributed by atoms with van der Waals surface area (Å²) in [4.78, 5) is -0.00931. The maximum absolute atomic E-state index is 13.4. The van der Waals surface area contributed by atoms with Crippen molar-refractivity contribution in [1.29, 1.82) is 0 Å². The minimum Gasteiger partial charge on any atom is -0.485 e. The summed E-state index contributed by atoms with van der Waals surface area (Å²) in [7, 11) is -6.58. The van der Waals surface area contributed by atoms with Crippen molar-refractivity contribution >= 4 is 25.7 Å². The number of ether oxygens (including phenoxy) is 1. The number of nitrogens with zero attached hydrogens (tertiary/aromatic N) is 1. The largest absolute Gasteiger partial charge is 0.485 e. The summed E-state index contributed by atoms with van der Waals surface area (Å²) < 4.78 is 62.9. The fraction of sp³-hybridized carbons (Fsp3) is 0.308. The number of aliphatic hydroxyl groups excluding tert-OH is 1. The molecule has 36 heavy (non-hydrogen) atoms. The Morgan fingerprint density at radius 2 is 1.56 bits per heavy atom. The SMILES string of the molecule is CCc1ccc(S(=O)(=O)NC2c3cc(S(=O)(=O)N(C)c4ccccc4)ccc3OC(C)(C)C2O)cc1. The molecule has 192 valence electrons. The van der Waals surface area contributed by atoms with E-state index >= 15 is 0 Å². The molecular formula is C26H30N2O6S2. The van der Waals surface area contributed by atoms with Gasteiger partial charge in [0.05, 0.1) is 21.5 Å². The molecule has 3 aromatic carbocycles. The number of aryl methyl sites for hydroxylation is 1. The van der Waals surface area contributed by atoms with Gasteiger partial charge in [0.1, 0.15) is 17.5 Å². The maximum Gasteiger partial charge on any atom is 0.264 e. The zero-order valence-corrected chi connectivity index (χ0v) is 22.2. The highest BCUT2D eigenvalue weighted by Crippen LogP contribution is 2.42. The highest BCUT2D eigenvalue weighted by Gasteiger charge is 2.45. The summed E-state index contributed by atoms with van der Waals surface area (Å²) in [6, 6.07) is 18.2. The molecule has 0 aromatic heterocycles. The van der Waals surface area contributed by atoms with E-state index in [0.717, 1.165) is 16.3 Å². The Morgan fingerprint density at radius 3 is 2.17 bits per heavy atom. The first-order valence-electron chi connectivity index (χ1n) is 11.5. The molecule has 0 saturated carbocycles. The van der Waals surface area contributed by atoms with Crippen molar-refractivity contribution in [2.45, 2.75) is 54.7 Å². The summed E-state index contributed by atoms with van der Waals surface area (Å²) in [5.41, 5.74) is 0.565. The number of hydrogen-bond acceptors (Lipinski definition) is 6. The average molecular weight is 531 g/mol. The minimum absolute atomic E-state index is 0.0466. The van der Waals surface area contributed by atoms with Gasteiger partial charge >= 0.3 is 0 Å². The van der Waals surface area contributed by atoms with Gasteiger partial charge in [-0.3, -0.25) is 4.31 Å². The Labute approximate surface area is 212 Å². The van der Waals surface area contributed by atoms with Gasteiger partial charge in [0.15, 0.2) is 0 Å². The number of hydrogen-bond donors (Lipinski definition) is 2. The molecule has 4 rings (SSSR count). The number of rotatable bonds is 7. The van der Waals surface area contributed by atoms with Crippen molar-refractivity contribution in [2.24, 2.45) is 0 Å². The van der Waals surface area contributed by atoms with Crippen LogP contribution in [-0.2, 0) is 26.5 Å². The number of aliphatic hydroxyl groups is 1. The van der Waals surface area contributed by atoms with E-state index in [-0.39, 0.29) is 15.4 Å². The molecule has 10 heteroatoms. The predicted molar refractivity (Wildman–Crippen MR) is 138 cm³/mol. The smallest absolute Gasteiger partial charge is 0.264 e. The normalized spacial score (nSPS) is 19.2. The van der Waals surface area contributed by atoms with E-state index in [2.05, 4.69) is 4.72 Å². The molecule has 0 amide bonds. The van der Waals surface area contributed by atoms with Crippen LogP contribution in [0.3, 0.4) is 0 Å². The van der Waals surface area contributed by atoms with Crippen molar-refractivity contribution in [3.05, 3.63) is 83.9 Å². The lowest BCUT2D eigenvalue weighted by atomic mass is 9.87. The van der Waals surface area contributed by atoms with Crippen molar-refractivity contribution in [1.82, 2.24) is 4.72 Å². The monoisotopic (exact) mass is 530 g/mol. The van der Waals surface area contributed by atoms with E-state index < -0.39 is 37.8 Å². The van der Waals surface area contributed by atoms with Gasteiger partial charge < -0.3 is 9.84 Å². The first-order valence-corrected chi connectivity index (χ1v) is 14.5. The average Bonchev–Trinajstić information content (AvgIpc) is 2.86. The summed E-state index contributed by atoms with van der Waals surface area (Å²) in [6.45, 7) is 5.26. The summed E-state index contributed by atoms with van der Waals surface area (Å²) >= 11 is 0. The molecule has 8 nitrogen and oxygen atoms in total. The quantitative estimate of drug-likeness (QED) is 0.482. The van der Waals surface area contributed by atoms with E-state index in [1.807, 2.05) is 6.92 Å². The lowest BCUT2D eigenvalue weighted by Crippen LogP contribution is -2.53. The van der Waals surface area contributed by atoms with Crippen molar-refractivity contribution in [3.8, 4) is 5.75 Å². The molecule has 0 bridgehead atoms. The van der Waals surface area contributed by atoms with Gasteiger partial charge in [-0.05, 0) is 68.3 Å². The zero-order chi connectivity index (χ0) is 26.3. The van der Waals surface area contributed by atoms with E-state index in [1.165, 1.54) is 37.4 Å². The van der Waals surface area contributed by atoms with Crippen molar-refractivity contribution in [3.63, 3.8) is 0 Å². The fourth-order valence-corrected chi connectivity index (χ4v) is 6.59. The molecule has 1 aliphatic rings. The van der Waals surface area contributed by atoms with Crippen LogP contribution in [-0.4, -0.2) is 40.7 Å². The van der Waals surface area contributed by atoms with Crippen molar-refractivity contribution < 1.29 is 26.7 Å². The van der Waals surface area contributed by atoms with Gasteiger partial charge in [0, 0.05) is 12.6 Å². The van der Waals surface area contributed by atoms with Crippen LogP contribution in [0.1, 0.15) is 37.9 Å². The van der Waals surface area contributed by atoms with Crippen LogP contribution in [0.25, 0.3) is 0 Å². The summed E-state index contributed by atoms with van der Waals surface area (Å²) in [6.07, 6.45) is -0.526. The van der Waals surface area contributed by atoms with Crippen LogP contribution in [0.5, 0.6) is 5.75 Å². The summed E-state index contributed by atoms with van der Waals surface area (Å²) in [5.74, 6) is 0.292. The number of sulfonamides is 2. The Hall–Kier alpha value is -2.92. The van der Waals surface area contributed by atoms with Gasteiger partial charge in [-0.1, -0.05) is 37.3 Å². The molecule has 2 unspecified atom stereocenters. The van der Waals surface area contributed by atoms with Crippen LogP contribution in [0.15, 0.2) is 82.6 Å². The zero-order valence-electron chi connectivity index (χ0n) is 20.5. The number of benzene rings is 3. The van der Waals surface area contributed by atoms with E-state index in [0.29, 0.717) is 11.4 Å². The molecule has 1 aliphatic heterocycles. The molecule has 0 saturated heterocycles. The summed E-state index contributed by atoms with van der Waals surface area (Å²) in [5, 5.41) is 11.1. The Kier molecular flexibility index (Phi) is 6.91. The topological polar surface area (TPSA) is 113 Å². The van der Waals surface area contributed by atoms with E-state index in [1.54, 1.807) is 56.3 Å². The molecule has 2 N–H and O–H groups in total. The Bertz CT molecular complexity index is 1450.